The van der Waals surface area contributed by atoms with E-state index in [1.54, 1.807) is 58.0 Å². The molecule has 2 aromatic carbocycles. The highest BCUT2D eigenvalue weighted by atomic mass is 16.5. The predicted molar refractivity (Wildman–Crippen MR) is 115 cm³/mol. The SMILES string of the molecule is CCOC(=O)c1cccc(N2C(=O)C(O)=C(C(=O)C(C)(C)C)C2c2ccc(O)cc2)c1. The van der Waals surface area contributed by atoms with Crippen molar-refractivity contribution in [3.8, 4) is 5.75 Å². The van der Waals surface area contributed by atoms with Gasteiger partial charge in [0.25, 0.3) is 5.91 Å². The molecule has 1 aliphatic rings. The average Bonchev–Trinajstić information content (AvgIpc) is 2.98. The van der Waals surface area contributed by atoms with E-state index < -0.39 is 29.1 Å². The summed E-state index contributed by atoms with van der Waals surface area (Å²) in [7, 11) is 0. The van der Waals surface area contributed by atoms with Gasteiger partial charge in [-0.1, -0.05) is 39.0 Å². The van der Waals surface area contributed by atoms with Crippen LogP contribution in [0.5, 0.6) is 5.75 Å². The maximum Gasteiger partial charge on any atom is 0.338 e. The number of carbonyl (C=O) groups excluding carboxylic acids is 3. The summed E-state index contributed by atoms with van der Waals surface area (Å²) in [4.78, 5) is 39.8. The number of ether oxygens (including phenoxy) is 1. The molecular weight excluding hydrogens is 398 g/mol. The maximum atomic E-state index is 13.2. The number of aliphatic hydroxyl groups excluding tert-OH is 1. The second kappa shape index (κ2) is 8.26. The summed E-state index contributed by atoms with van der Waals surface area (Å²) in [5.41, 5.74) is 0.235. The Hall–Kier alpha value is -3.61. The fourth-order valence-electron chi connectivity index (χ4n) is 3.48. The predicted octanol–water partition coefficient (Wildman–Crippen LogP) is 4.08. The zero-order valence-corrected chi connectivity index (χ0v) is 17.9. The summed E-state index contributed by atoms with van der Waals surface area (Å²) in [5, 5.41) is 20.4. The van der Waals surface area contributed by atoms with Crippen molar-refractivity contribution in [1.29, 1.82) is 0 Å². The van der Waals surface area contributed by atoms with Gasteiger partial charge < -0.3 is 14.9 Å². The quantitative estimate of drug-likeness (QED) is 0.702. The lowest BCUT2D eigenvalue weighted by atomic mass is 9.82. The molecule has 162 valence electrons. The largest absolute Gasteiger partial charge is 0.508 e. The molecule has 0 saturated carbocycles. The van der Waals surface area contributed by atoms with Gasteiger partial charge in [0, 0.05) is 11.1 Å². The number of phenols is 1. The van der Waals surface area contributed by atoms with E-state index in [1.807, 2.05) is 0 Å². The number of amides is 1. The standard InChI is InChI=1S/C24H25NO6/c1-5-31-23(30)15-7-6-8-16(13-15)25-19(14-9-11-17(26)12-10-14)18(20(27)22(25)29)21(28)24(2,3)4/h6-13,19,26-27H,5H2,1-4H3. The molecule has 1 heterocycles. The van der Waals surface area contributed by atoms with E-state index in [0.29, 0.717) is 11.3 Å². The summed E-state index contributed by atoms with van der Waals surface area (Å²) >= 11 is 0. The van der Waals surface area contributed by atoms with Gasteiger partial charge in [-0.2, -0.15) is 0 Å². The van der Waals surface area contributed by atoms with E-state index in [2.05, 4.69) is 0 Å². The highest BCUT2D eigenvalue weighted by molar-refractivity contribution is 6.17. The van der Waals surface area contributed by atoms with Crippen molar-refractivity contribution in [2.75, 3.05) is 11.5 Å². The molecule has 1 amide bonds. The van der Waals surface area contributed by atoms with Crippen LogP contribution in [0.15, 0.2) is 59.9 Å². The number of aliphatic hydroxyl groups is 1. The molecule has 0 radical (unpaired) electrons. The molecular formula is C24H25NO6. The molecule has 2 N–H and O–H groups in total. The van der Waals surface area contributed by atoms with Gasteiger partial charge in [0.1, 0.15) is 5.75 Å². The lowest BCUT2D eigenvalue weighted by Crippen LogP contribution is -2.33. The highest BCUT2D eigenvalue weighted by Gasteiger charge is 2.46. The molecule has 1 aliphatic heterocycles. The third-order valence-electron chi connectivity index (χ3n) is 4.98. The van der Waals surface area contributed by atoms with E-state index in [1.165, 1.54) is 23.1 Å². The highest BCUT2D eigenvalue weighted by Crippen LogP contribution is 2.43. The second-order valence-electron chi connectivity index (χ2n) is 8.28. The zero-order chi connectivity index (χ0) is 22.9. The minimum Gasteiger partial charge on any atom is -0.508 e. The molecule has 7 heteroatoms. The van der Waals surface area contributed by atoms with Crippen LogP contribution in [-0.4, -0.2) is 34.5 Å². The Bertz CT molecular complexity index is 1060. The summed E-state index contributed by atoms with van der Waals surface area (Å²) in [5.74, 6) is -2.26. The Kier molecular flexibility index (Phi) is 5.88. The summed E-state index contributed by atoms with van der Waals surface area (Å²) in [6.07, 6.45) is 0. The van der Waals surface area contributed by atoms with Crippen LogP contribution in [0, 0.1) is 5.41 Å². The lowest BCUT2D eigenvalue weighted by molar-refractivity contribution is -0.123. The van der Waals surface area contributed by atoms with Crippen LogP contribution in [0.4, 0.5) is 5.69 Å². The van der Waals surface area contributed by atoms with Gasteiger partial charge in [0.05, 0.1) is 23.8 Å². The number of aromatic hydroxyl groups is 1. The number of nitrogens with zero attached hydrogens (tertiary/aromatic N) is 1. The second-order valence-corrected chi connectivity index (χ2v) is 8.28. The molecule has 1 unspecified atom stereocenters. The number of phenolic OH excluding ortho intramolecular Hbond substituents is 1. The van der Waals surface area contributed by atoms with Crippen LogP contribution in [-0.2, 0) is 14.3 Å². The van der Waals surface area contributed by atoms with Crippen molar-refractivity contribution < 1.29 is 29.3 Å². The maximum absolute atomic E-state index is 13.2. The number of ketones is 1. The third-order valence-corrected chi connectivity index (χ3v) is 4.98. The fraction of sp³-hybridized carbons (Fsp3) is 0.292. The Morgan fingerprint density at radius 2 is 1.71 bits per heavy atom. The third kappa shape index (κ3) is 4.17. The molecule has 31 heavy (non-hydrogen) atoms. The Morgan fingerprint density at radius 3 is 2.29 bits per heavy atom. The van der Waals surface area contributed by atoms with Crippen LogP contribution < -0.4 is 4.90 Å². The number of hydrogen-bond acceptors (Lipinski definition) is 6. The number of carbonyl (C=O) groups is 3. The minimum atomic E-state index is -0.919. The molecule has 0 spiro atoms. The van der Waals surface area contributed by atoms with Gasteiger partial charge in [-0.05, 0) is 42.8 Å². The average molecular weight is 423 g/mol. The molecule has 0 fully saturated rings. The van der Waals surface area contributed by atoms with Gasteiger partial charge >= 0.3 is 5.97 Å². The van der Waals surface area contributed by atoms with Crippen molar-refractivity contribution in [1.82, 2.24) is 0 Å². The molecule has 3 rings (SSSR count). The van der Waals surface area contributed by atoms with Gasteiger partial charge in [-0.15, -0.1) is 0 Å². The topological polar surface area (TPSA) is 104 Å². The van der Waals surface area contributed by atoms with E-state index in [0.717, 1.165) is 0 Å². The van der Waals surface area contributed by atoms with Crippen molar-refractivity contribution in [2.24, 2.45) is 5.41 Å². The Labute approximate surface area is 180 Å². The zero-order valence-electron chi connectivity index (χ0n) is 17.9. The molecule has 1 atom stereocenters. The first-order valence-corrected chi connectivity index (χ1v) is 9.93. The molecule has 7 nitrogen and oxygen atoms in total. The number of benzene rings is 2. The van der Waals surface area contributed by atoms with Crippen molar-refractivity contribution in [2.45, 2.75) is 33.7 Å². The molecule has 0 aliphatic carbocycles. The summed E-state index contributed by atoms with van der Waals surface area (Å²) in [6.45, 7) is 7.02. The van der Waals surface area contributed by atoms with Crippen LogP contribution >= 0.6 is 0 Å². The van der Waals surface area contributed by atoms with Gasteiger partial charge in [-0.25, -0.2) is 4.79 Å². The van der Waals surface area contributed by atoms with Gasteiger partial charge in [0.15, 0.2) is 11.5 Å². The van der Waals surface area contributed by atoms with E-state index in [9.17, 15) is 24.6 Å². The molecule has 0 bridgehead atoms. The number of esters is 1. The van der Waals surface area contributed by atoms with Crippen molar-refractivity contribution >= 4 is 23.3 Å². The van der Waals surface area contributed by atoms with Crippen molar-refractivity contribution in [3.63, 3.8) is 0 Å². The van der Waals surface area contributed by atoms with Crippen LogP contribution in [0.25, 0.3) is 0 Å². The number of Topliss-reactive ketones (excluding diaryl/α,β-unsaturated/α-hetero) is 1. The normalized spacial score (nSPS) is 16.6. The first-order valence-electron chi connectivity index (χ1n) is 9.93. The molecule has 0 saturated heterocycles. The fourth-order valence-corrected chi connectivity index (χ4v) is 3.48. The number of rotatable bonds is 5. The molecule has 2 aromatic rings. The van der Waals surface area contributed by atoms with Gasteiger partial charge in [0.2, 0.25) is 0 Å². The summed E-state index contributed by atoms with van der Waals surface area (Å²) < 4.78 is 5.04. The monoisotopic (exact) mass is 423 g/mol. The lowest BCUT2D eigenvalue weighted by Gasteiger charge is -2.29. The smallest absolute Gasteiger partial charge is 0.338 e. The number of hydrogen-bond donors (Lipinski definition) is 2. The Balaban J connectivity index is 2.17. The van der Waals surface area contributed by atoms with Crippen molar-refractivity contribution in [3.05, 3.63) is 71.0 Å². The number of anilines is 1. The van der Waals surface area contributed by atoms with Crippen LogP contribution in [0.1, 0.15) is 49.7 Å². The first-order chi connectivity index (χ1) is 14.6. The van der Waals surface area contributed by atoms with E-state index in [4.69, 9.17) is 4.74 Å². The Morgan fingerprint density at radius 1 is 1.06 bits per heavy atom. The first kappa shape index (κ1) is 22.1. The van der Waals surface area contributed by atoms with Crippen LogP contribution in [0.3, 0.4) is 0 Å². The van der Waals surface area contributed by atoms with E-state index >= 15 is 0 Å². The summed E-state index contributed by atoms with van der Waals surface area (Å²) in [6, 6.07) is 11.4. The van der Waals surface area contributed by atoms with Gasteiger partial charge in [-0.3, -0.25) is 14.5 Å². The minimum absolute atomic E-state index is 0.0234. The van der Waals surface area contributed by atoms with Crippen LogP contribution in [0.2, 0.25) is 0 Å². The molecule has 0 aromatic heterocycles. The van der Waals surface area contributed by atoms with E-state index in [-0.39, 0.29) is 29.3 Å².